The van der Waals surface area contributed by atoms with Crippen LogP contribution in [0.25, 0.3) is 0 Å². The molecule has 0 saturated heterocycles. The lowest BCUT2D eigenvalue weighted by Crippen LogP contribution is -2.20. The molecular weight excluding hydrogens is 320 g/mol. The Bertz CT molecular complexity index is 469. The molecule has 4 N–H and O–H groups in total. The number of allylic oxidation sites excluding steroid dienone is 3. The van der Waals surface area contributed by atoms with Gasteiger partial charge in [0, 0.05) is 18.8 Å². The highest BCUT2D eigenvalue weighted by atomic mass is 16.4. The first-order valence-electron chi connectivity index (χ1n) is 9.20. The summed E-state index contributed by atoms with van der Waals surface area (Å²) in [5.74, 6) is -1.05. The summed E-state index contributed by atoms with van der Waals surface area (Å²) in [4.78, 5) is 10.5. The van der Waals surface area contributed by atoms with Crippen LogP contribution in [0.5, 0.6) is 0 Å². The van der Waals surface area contributed by atoms with Crippen LogP contribution in [0.3, 0.4) is 0 Å². The van der Waals surface area contributed by atoms with E-state index in [1.165, 1.54) is 0 Å². The average molecular weight is 352 g/mol. The van der Waals surface area contributed by atoms with E-state index in [2.05, 4.69) is 0 Å². The van der Waals surface area contributed by atoms with Gasteiger partial charge >= 0.3 is 5.97 Å². The van der Waals surface area contributed by atoms with Crippen LogP contribution in [0, 0.1) is 11.8 Å². The number of aliphatic hydroxyl groups is 3. The molecule has 0 heterocycles. The first kappa shape index (κ1) is 21.6. The van der Waals surface area contributed by atoms with Crippen LogP contribution >= 0.6 is 0 Å². The molecule has 0 bridgehead atoms. The number of hydrogen-bond acceptors (Lipinski definition) is 4. The van der Waals surface area contributed by atoms with Crippen LogP contribution in [0.2, 0.25) is 0 Å². The molecule has 5 nitrogen and oxygen atoms in total. The van der Waals surface area contributed by atoms with Crippen molar-refractivity contribution in [3.8, 4) is 0 Å². The van der Waals surface area contributed by atoms with Crippen molar-refractivity contribution in [3.05, 3.63) is 36.5 Å². The van der Waals surface area contributed by atoms with Crippen LogP contribution in [0.15, 0.2) is 36.5 Å². The number of carboxylic acids is 1. The van der Waals surface area contributed by atoms with Gasteiger partial charge in [0.15, 0.2) is 0 Å². The third-order valence-electron chi connectivity index (χ3n) is 4.59. The number of aliphatic hydroxyl groups excluding tert-OH is 3. The fourth-order valence-electron chi connectivity index (χ4n) is 3.19. The van der Waals surface area contributed by atoms with Crippen LogP contribution in [0.1, 0.15) is 51.9 Å². The second-order valence-corrected chi connectivity index (χ2v) is 6.67. The summed E-state index contributed by atoms with van der Waals surface area (Å²) in [6, 6.07) is 0. The van der Waals surface area contributed by atoms with Gasteiger partial charge in [0.05, 0.1) is 18.3 Å². The van der Waals surface area contributed by atoms with Crippen molar-refractivity contribution in [1.82, 2.24) is 0 Å². The maximum absolute atomic E-state index is 10.5. The Morgan fingerprint density at radius 2 is 1.92 bits per heavy atom. The summed E-state index contributed by atoms with van der Waals surface area (Å²) in [5.41, 5.74) is 0. The number of carboxylic acid groups (broad SMARTS) is 1. The normalized spacial score (nSPS) is 28.5. The molecule has 1 aliphatic rings. The van der Waals surface area contributed by atoms with E-state index in [1.54, 1.807) is 6.08 Å². The molecule has 5 heteroatoms. The van der Waals surface area contributed by atoms with Gasteiger partial charge in [0.1, 0.15) is 0 Å². The van der Waals surface area contributed by atoms with E-state index in [0.29, 0.717) is 32.1 Å². The molecule has 1 aliphatic carbocycles. The van der Waals surface area contributed by atoms with Crippen molar-refractivity contribution in [3.63, 3.8) is 0 Å². The second kappa shape index (κ2) is 12.0. The van der Waals surface area contributed by atoms with Gasteiger partial charge in [0.2, 0.25) is 0 Å². The number of rotatable bonds is 11. The Labute approximate surface area is 150 Å². The monoisotopic (exact) mass is 352 g/mol. The summed E-state index contributed by atoms with van der Waals surface area (Å²) in [5, 5.41) is 38.9. The van der Waals surface area contributed by atoms with E-state index < -0.39 is 24.3 Å². The molecule has 0 aromatic heterocycles. The zero-order valence-electron chi connectivity index (χ0n) is 15.0. The third-order valence-corrected chi connectivity index (χ3v) is 4.59. The Morgan fingerprint density at radius 1 is 1.16 bits per heavy atom. The van der Waals surface area contributed by atoms with Crippen molar-refractivity contribution in [2.75, 3.05) is 0 Å². The fourth-order valence-corrected chi connectivity index (χ4v) is 3.19. The minimum atomic E-state index is -0.791. The van der Waals surface area contributed by atoms with E-state index in [-0.39, 0.29) is 18.3 Å². The van der Waals surface area contributed by atoms with Crippen molar-refractivity contribution < 1.29 is 25.2 Å². The van der Waals surface area contributed by atoms with E-state index in [9.17, 15) is 20.1 Å². The van der Waals surface area contributed by atoms with E-state index in [1.807, 2.05) is 37.3 Å². The number of aliphatic carboxylic acids is 1. The molecule has 0 radical (unpaired) electrons. The molecule has 142 valence electrons. The maximum Gasteiger partial charge on any atom is 0.303 e. The minimum Gasteiger partial charge on any atom is -0.481 e. The molecule has 0 aromatic carbocycles. The third kappa shape index (κ3) is 8.47. The highest BCUT2D eigenvalue weighted by molar-refractivity contribution is 5.66. The molecule has 25 heavy (non-hydrogen) atoms. The van der Waals surface area contributed by atoms with Gasteiger partial charge < -0.3 is 20.4 Å². The van der Waals surface area contributed by atoms with Crippen LogP contribution in [-0.2, 0) is 4.79 Å². The maximum atomic E-state index is 10.5. The van der Waals surface area contributed by atoms with Crippen molar-refractivity contribution in [2.24, 2.45) is 11.8 Å². The Morgan fingerprint density at radius 3 is 2.60 bits per heavy atom. The summed E-state index contributed by atoms with van der Waals surface area (Å²) in [6.45, 7) is 2.04. The van der Waals surface area contributed by atoms with Crippen molar-refractivity contribution in [1.29, 1.82) is 0 Å². The van der Waals surface area contributed by atoms with Gasteiger partial charge in [-0.05, 0) is 38.0 Å². The summed E-state index contributed by atoms with van der Waals surface area (Å²) >= 11 is 0. The fraction of sp³-hybridized carbons (Fsp3) is 0.650. The lowest BCUT2D eigenvalue weighted by molar-refractivity contribution is -0.137. The highest BCUT2D eigenvalue weighted by Crippen LogP contribution is 2.36. The zero-order chi connectivity index (χ0) is 18.7. The van der Waals surface area contributed by atoms with Crippen LogP contribution in [-0.4, -0.2) is 44.7 Å². The van der Waals surface area contributed by atoms with Gasteiger partial charge in [-0.3, -0.25) is 4.79 Å². The second-order valence-electron chi connectivity index (χ2n) is 6.67. The highest BCUT2D eigenvalue weighted by Gasteiger charge is 2.39. The van der Waals surface area contributed by atoms with E-state index in [4.69, 9.17) is 5.11 Å². The first-order valence-corrected chi connectivity index (χ1v) is 9.20. The molecule has 1 fully saturated rings. The summed E-state index contributed by atoms with van der Waals surface area (Å²) in [6.07, 6.45) is 13.5. The van der Waals surface area contributed by atoms with Gasteiger partial charge in [-0.2, -0.15) is 0 Å². The van der Waals surface area contributed by atoms with Crippen LogP contribution in [0.4, 0.5) is 0 Å². The predicted octanol–water partition coefficient (Wildman–Crippen LogP) is 2.82. The lowest BCUT2D eigenvalue weighted by atomic mass is 9.89. The standard InChI is InChI=1S/C20H32O5/c1-2-3-6-9-15(21)12-13-17-16(18(22)14-19(17)23)10-7-4-5-8-11-20(24)25/h3-4,6-7,12-13,15-19,21-23H,2,5,8-11,14H2,1H3,(H,24,25)/b6-3-,7-4-,13-12+/t15-,16+,17+,18-,19+/m0/s1. The van der Waals surface area contributed by atoms with Crippen molar-refractivity contribution >= 4 is 5.97 Å². The first-order chi connectivity index (χ1) is 12.0. The predicted molar refractivity (Wildman–Crippen MR) is 98.0 cm³/mol. The van der Waals surface area contributed by atoms with Crippen LogP contribution < -0.4 is 0 Å². The molecule has 0 aromatic rings. The van der Waals surface area contributed by atoms with Crippen molar-refractivity contribution in [2.45, 2.75) is 70.2 Å². The van der Waals surface area contributed by atoms with E-state index >= 15 is 0 Å². The molecular formula is C20H32O5. The molecule has 1 rings (SSSR count). The summed E-state index contributed by atoms with van der Waals surface area (Å²) < 4.78 is 0. The Hall–Kier alpha value is -1.43. The van der Waals surface area contributed by atoms with E-state index in [0.717, 1.165) is 6.42 Å². The molecule has 0 aliphatic heterocycles. The van der Waals surface area contributed by atoms with Gasteiger partial charge in [0.25, 0.3) is 0 Å². The molecule has 0 spiro atoms. The molecule has 0 unspecified atom stereocenters. The topological polar surface area (TPSA) is 98.0 Å². The van der Waals surface area contributed by atoms with Gasteiger partial charge in [-0.25, -0.2) is 0 Å². The molecule has 5 atom stereocenters. The van der Waals surface area contributed by atoms with Gasteiger partial charge in [-0.15, -0.1) is 0 Å². The average Bonchev–Trinajstić information content (AvgIpc) is 2.82. The lowest BCUT2D eigenvalue weighted by Gasteiger charge is -2.19. The van der Waals surface area contributed by atoms with Gasteiger partial charge in [-0.1, -0.05) is 43.4 Å². The summed E-state index contributed by atoms with van der Waals surface area (Å²) in [7, 11) is 0. The molecule has 0 amide bonds. The number of carbonyl (C=O) groups is 1. The zero-order valence-corrected chi connectivity index (χ0v) is 15.0. The quantitative estimate of drug-likeness (QED) is 0.339. The Kier molecular flexibility index (Phi) is 10.4. The number of unbranched alkanes of at least 4 members (excludes halogenated alkanes) is 1. The minimum absolute atomic E-state index is 0.0830. The Balaban J connectivity index is 2.50. The number of hydrogen-bond donors (Lipinski definition) is 4. The SMILES string of the molecule is CC/C=C\C[C@H](O)/C=C/[C@@H]1[C@@H](C/C=C\CCCC(=O)O)[C@@H](O)C[C@H]1O. The largest absolute Gasteiger partial charge is 0.481 e. The smallest absolute Gasteiger partial charge is 0.303 e. The molecule has 1 saturated carbocycles.